The Morgan fingerprint density at radius 3 is 2.83 bits per heavy atom. The summed E-state index contributed by atoms with van der Waals surface area (Å²) >= 11 is 1.75. The molecular formula is C20H21F3N6S. The smallest absolute Gasteiger partial charge is 0.269 e. The van der Waals surface area contributed by atoms with Crippen LogP contribution in [0.25, 0.3) is 15.9 Å². The third kappa shape index (κ3) is 3.27. The highest BCUT2D eigenvalue weighted by atomic mass is 32.1. The lowest BCUT2D eigenvalue weighted by atomic mass is 9.86. The Kier molecular flexibility index (Phi) is 4.57. The third-order valence-corrected chi connectivity index (χ3v) is 7.09. The molecule has 1 atom stereocenters. The molecule has 4 aromatic rings. The van der Waals surface area contributed by atoms with Gasteiger partial charge in [-0.3, -0.25) is 4.68 Å². The zero-order valence-electron chi connectivity index (χ0n) is 16.7. The Bertz CT molecular complexity index is 1240. The van der Waals surface area contributed by atoms with E-state index < -0.39 is 11.9 Å². The Morgan fingerprint density at radius 1 is 1.27 bits per heavy atom. The monoisotopic (exact) mass is 434 g/mol. The average Bonchev–Trinajstić information content (AvgIpc) is 3.38. The maximum absolute atomic E-state index is 12.9. The Balaban J connectivity index is 1.45. The minimum atomic E-state index is -4.44. The number of nitrogens with zero attached hydrogens (tertiary/aromatic N) is 6. The Hall–Kier alpha value is -2.49. The van der Waals surface area contributed by atoms with Crippen molar-refractivity contribution >= 4 is 27.2 Å². The van der Waals surface area contributed by atoms with Crippen molar-refractivity contribution in [2.75, 3.05) is 0 Å². The molecule has 0 saturated carbocycles. The summed E-state index contributed by atoms with van der Waals surface area (Å²) in [6.07, 6.45) is 2.13. The summed E-state index contributed by atoms with van der Waals surface area (Å²) in [6.45, 7) is 4.15. The molecule has 0 bridgehead atoms. The maximum Gasteiger partial charge on any atom is 0.435 e. The van der Waals surface area contributed by atoms with E-state index in [9.17, 15) is 13.2 Å². The highest BCUT2D eigenvalue weighted by molar-refractivity contribution is 7.19. The van der Waals surface area contributed by atoms with E-state index in [0.29, 0.717) is 17.9 Å². The van der Waals surface area contributed by atoms with Crippen LogP contribution in [0.1, 0.15) is 47.4 Å². The van der Waals surface area contributed by atoms with Crippen molar-refractivity contribution in [1.82, 2.24) is 29.4 Å². The highest BCUT2D eigenvalue weighted by Crippen LogP contribution is 2.39. The van der Waals surface area contributed by atoms with Crippen LogP contribution in [0.4, 0.5) is 13.2 Å². The van der Waals surface area contributed by atoms with Crippen LogP contribution < -0.4 is 0 Å². The first-order valence-corrected chi connectivity index (χ1v) is 10.9. The fourth-order valence-electron chi connectivity index (χ4n) is 4.22. The molecule has 0 radical (unpaired) electrons. The summed E-state index contributed by atoms with van der Waals surface area (Å²) in [7, 11) is 0. The molecule has 6 nitrogen and oxygen atoms in total. The predicted octanol–water partition coefficient (Wildman–Crippen LogP) is 4.62. The van der Waals surface area contributed by atoms with Gasteiger partial charge in [-0.2, -0.15) is 18.3 Å². The summed E-state index contributed by atoms with van der Waals surface area (Å²) < 4.78 is 41.7. The van der Waals surface area contributed by atoms with Crippen molar-refractivity contribution in [3.63, 3.8) is 0 Å². The quantitative estimate of drug-likeness (QED) is 0.470. The van der Waals surface area contributed by atoms with Gasteiger partial charge in [0.05, 0.1) is 5.39 Å². The van der Waals surface area contributed by atoms with E-state index in [4.69, 9.17) is 4.98 Å². The van der Waals surface area contributed by atoms with Gasteiger partial charge < -0.3 is 0 Å². The van der Waals surface area contributed by atoms with Gasteiger partial charge >= 0.3 is 6.18 Å². The second-order valence-electron chi connectivity index (χ2n) is 7.88. The van der Waals surface area contributed by atoms with E-state index in [1.807, 2.05) is 0 Å². The number of fused-ring (bicyclic) bond motifs is 5. The molecule has 0 unspecified atom stereocenters. The molecule has 158 valence electrons. The summed E-state index contributed by atoms with van der Waals surface area (Å²) in [5.41, 5.74) is 1.72. The topological polar surface area (TPSA) is 60.9 Å². The van der Waals surface area contributed by atoms with E-state index in [0.717, 1.165) is 40.7 Å². The van der Waals surface area contributed by atoms with Gasteiger partial charge in [-0.1, -0.05) is 13.3 Å². The normalized spacial score (nSPS) is 17.2. The fourth-order valence-corrected chi connectivity index (χ4v) is 5.52. The number of aromatic nitrogens is 6. The molecular weight excluding hydrogens is 413 g/mol. The molecule has 0 N–H and O–H groups in total. The highest BCUT2D eigenvalue weighted by Gasteiger charge is 2.34. The van der Waals surface area contributed by atoms with E-state index in [-0.39, 0.29) is 6.54 Å². The van der Waals surface area contributed by atoms with Crippen LogP contribution in [0.3, 0.4) is 0 Å². The minimum Gasteiger partial charge on any atom is -0.269 e. The van der Waals surface area contributed by atoms with Crippen molar-refractivity contribution in [1.29, 1.82) is 0 Å². The van der Waals surface area contributed by atoms with Crippen LogP contribution in [0.2, 0.25) is 0 Å². The van der Waals surface area contributed by atoms with Crippen LogP contribution in [0.5, 0.6) is 0 Å². The minimum absolute atomic E-state index is 0.287. The van der Waals surface area contributed by atoms with Crippen LogP contribution in [0.15, 0.2) is 12.4 Å². The first-order chi connectivity index (χ1) is 14.3. The largest absolute Gasteiger partial charge is 0.435 e. The number of hydrogen-bond donors (Lipinski definition) is 0. The second kappa shape index (κ2) is 7.04. The van der Waals surface area contributed by atoms with Crippen molar-refractivity contribution < 1.29 is 13.2 Å². The molecule has 0 aromatic carbocycles. The van der Waals surface area contributed by atoms with Gasteiger partial charge in [0.2, 0.25) is 0 Å². The van der Waals surface area contributed by atoms with Gasteiger partial charge in [0.1, 0.15) is 11.2 Å². The number of rotatable bonds is 4. The van der Waals surface area contributed by atoms with Gasteiger partial charge in [-0.05, 0) is 43.7 Å². The fraction of sp³-hybridized carbons (Fsp3) is 0.500. The number of thiophene rings is 1. The van der Waals surface area contributed by atoms with E-state index >= 15 is 0 Å². The first-order valence-electron chi connectivity index (χ1n) is 10.1. The van der Waals surface area contributed by atoms with Crippen LogP contribution >= 0.6 is 11.3 Å². The summed E-state index contributed by atoms with van der Waals surface area (Å²) in [5.74, 6) is 1.31. The second-order valence-corrected chi connectivity index (χ2v) is 8.97. The van der Waals surface area contributed by atoms with Crippen molar-refractivity contribution in [2.24, 2.45) is 5.92 Å². The van der Waals surface area contributed by atoms with Crippen LogP contribution in [-0.2, 0) is 32.0 Å². The summed E-state index contributed by atoms with van der Waals surface area (Å²) in [4.78, 5) is 11.7. The molecule has 0 aliphatic heterocycles. The first kappa shape index (κ1) is 19.5. The van der Waals surface area contributed by atoms with Gasteiger partial charge in [-0.25, -0.2) is 14.5 Å². The van der Waals surface area contributed by atoms with E-state index in [2.05, 4.69) is 22.1 Å². The molecule has 10 heteroatoms. The molecule has 0 amide bonds. The molecule has 1 aliphatic carbocycles. The average molecular weight is 434 g/mol. The SMILES string of the molecule is CC[C@@H]1CCc2c(sc3ncn4nc(CCn5nc(C(F)(F)F)cc5C)nc4c23)C1. The predicted molar refractivity (Wildman–Crippen MR) is 108 cm³/mol. The molecule has 1 aliphatic rings. The number of aryl methyl sites for hydroxylation is 4. The van der Waals surface area contributed by atoms with Gasteiger partial charge in [-0.15, -0.1) is 16.4 Å². The molecule has 30 heavy (non-hydrogen) atoms. The van der Waals surface area contributed by atoms with Gasteiger partial charge in [0, 0.05) is 23.5 Å². The molecule has 4 aromatic heterocycles. The Labute approximate surface area is 174 Å². The lowest BCUT2D eigenvalue weighted by molar-refractivity contribution is -0.141. The van der Waals surface area contributed by atoms with Crippen molar-refractivity contribution in [3.8, 4) is 0 Å². The number of halogens is 3. The lowest BCUT2D eigenvalue weighted by Gasteiger charge is -2.20. The molecule has 0 spiro atoms. The standard InChI is InChI=1S/C20H21F3N6S/c1-3-12-4-5-13-14(9-12)30-19-17(13)18-25-16(27-29(18)10-24-19)6-7-28-11(2)8-15(26-28)20(21,22)23/h8,10,12H,3-7,9H2,1-2H3/t12-/m1/s1. The number of hydrogen-bond acceptors (Lipinski definition) is 5. The van der Waals surface area contributed by atoms with Crippen LogP contribution in [0, 0.1) is 12.8 Å². The summed E-state index contributed by atoms with van der Waals surface area (Å²) in [5, 5.41) is 9.27. The zero-order valence-corrected chi connectivity index (χ0v) is 17.5. The van der Waals surface area contributed by atoms with Crippen LogP contribution in [-0.4, -0.2) is 29.4 Å². The number of alkyl halides is 3. The van der Waals surface area contributed by atoms with E-state index in [1.54, 1.807) is 29.1 Å². The van der Waals surface area contributed by atoms with Gasteiger partial charge in [0.15, 0.2) is 17.2 Å². The maximum atomic E-state index is 12.9. The van der Waals surface area contributed by atoms with Gasteiger partial charge in [0.25, 0.3) is 0 Å². The summed E-state index contributed by atoms with van der Waals surface area (Å²) in [6, 6.07) is 1.06. The Morgan fingerprint density at radius 2 is 2.10 bits per heavy atom. The molecule has 5 rings (SSSR count). The van der Waals surface area contributed by atoms with E-state index in [1.165, 1.54) is 28.0 Å². The van der Waals surface area contributed by atoms with Crippen molar-refractivity contribution in [2.45, 2.75) is 58.7 Å². The third-order valence-electron chi connectivity index (χ3n) is 5.93. The molecule has 4 heterocycles. The molecule has 0 saturated heterocycles. The molecule has 0 fully saturated rings. The zero-order chi connectivity index (χ0) is 21.0. The lowest BCUT2D eigenvalue weighted by Crippen LogP contribution is -2.11. The van der Waals surface area contributed by atoms with Crippen molar-refractivity contribution in [3.05, 3.63) is 40.0 Å².